The van der Waals surface area contributed by atoms with Crippen molar-refractivity contribution in [2.24, 2.45) is 0 Å². The first-order valence-corrected chi connectivity index (χ1v) is 9.03. The van der Waals surface area contributed by atoms with Gasteiger partial charge in [-0.1, -0.05) is 60.1 Å². The van der Waals surface area contributed by atoms with E-state index in [1.807, 2.05) is 85.8 Å². The molecule has 3 nitrogen and oxygen atoms in total. The molecule has 28 heavy (non-hydrogen) atoms. The Bertz CT molecular complexity index is 1130. The molecule has 0 aliphatic rings. The lowest BCUT2D eigenvalue weighted by Gasteiger charge is -2.16. The normalized spacial score (nSPS) is 10.4. The van der Waals surface area contributed by atoms with Crippen molar-refractivity contribution < 1.29 is 4.79 Å². The molecule has 0 saturated carbocycles. The first-order chi connectivity index (χ1) is 13.1. The molecule has 0 aliphatic heterocycles. The molecule has 4 rings (SSSR count). The summed E-state index contributed by atoms with van der Waals surface area (Å²) in [6.45, 7) is 1.86. The number of fused-ring (bicyclic) bond motifs is 1. The molecule has 140 valence electrons. The fourth-order valence-corrected chi connectivity index (χ4v) is 3.43. The van der Waals surface area contributed by atoms with E-state index in [-0.39, 0.29) is 18.3 Å². The van der Waals surface area contributed by atoms with Crippen LogP contribution in [-0.2, 0) is 0 Å². The third-order valence-corrected chi connectivity index (χ3v) is 4.68. The van der Waals surface area contributed by atoms with Gasteiger partial charge in [0.2, 0.25) is 0 Å². The molecule has 0 spiro atoms. The second-order valence-electron chi connectivity index (χ2n) is 6.29. The van der Waals surface area contributed by atoms with E-state index in [0.717, 1.165) is 27.7 Å². The molecule has 0 fully saturated rings. The number of para-hydroxylation sites is 1. The number of nitrogens with one attached hydrogen (secondary N) is 1. The van der Waals surface area contributed by atoms with Gasteiger partial charge >= 0.3 is 0 Å². The maximum atomic E-state index is 13.2. The van der Waals surface area contributed by atoms with Crippen LogP contribution < -0.4 is 5.32 Å². The van der Waals surface area contributed by atoms with Gasteiger partial charge in [-0.25, -0.2) is 0 Å². The molecule has 1 N–H and O–H groups in total. The molecule has 1 amide bonds. The SMILES string of the molecule is Cc1nc2ccc(Cl)cc2c(-c2ccccc2)c1C(=O)Nc1ccccc1.Cl. The molecule has 0 unspecified atom stereocenters. The molecule has 1 heterocycles. The van der Waals surface area contributed by atoms with E-state index in [1.165, 1.54) is 0 Å². The molecular weight excluding hydrogens is 391 g/mol. The van der Waals surface area contributed by atoms with E-state index < -0.39 is 0 Å². The molecule has 0 atom stereocenters. The summed E-state index contributed by atoms with van der Waals surface area (Å²) in [7, 11) is 0. The van der Waals surface area contributed by atoms with Gasteiger partial charge in [-0.3, -0.25) is 9.78 Å². The predicted octanol–water partition coefficient (Wildman–Crippen LogP) is 6.54. The molecule has 0 radical (unpaired) electrons. The largest absolute Gasteiger partial charge is 0.322 e. The number of benzene rings is 3. The van der Waals surface area contributed by atoms with Crippen LogP contribution in [0, 0.1) is 6.92 Å². The van der Waals surface area contributed by atoms with E-state index in [1.54, 1.807) is 0 Å². The summed E-state index contributed by atoms with van der Waals surface area (Å²) in [5, 5.41) is 4.45. The van der Waals surface area contributed by atoms with Crippen molar-refractivity contribution in [1.82, 2.24) is 4.98 Å². The summed E-state index contributed by atoms with van der Waals surface area (Å²) < 4.78 is 0. The number of carbonyl (C=O) groups is 1. The van der Waals surface area contributed by atoms with Crippen LogP contribution in [0.25, 0.3) is 22.0 Å². The van der Waals surface area contributed by atoms with Gasteiger partial charge in [0.25, 0.3) is 5.91 Å². The Morgan fingerprint density at radius 2 is 1.57 bits per heavy atom. The number of pyridine rings is 1. The number of carbonyl (C=O) groups excluding carboxylic acids is 1. The third-order valence-electron chi connectivity index (χ3n) is 4.45. The van der Waals surface area contributed by atoms with Gasteiger partial charge in [0.15, 0.2) is 0 Å². The fraction of sp³-hybridized carbons (Fsp3) is 0.0435. The zero-order valence-electron chi connectivity index (χ0n) is 15.1. The lowest BCUT2D eigenvalue weighted by atomic mass is 9.94. The van der Waals surface area contributed by atoms with E-state index in [4.69, 9.17) is 11.6 Å². The van der Waals surface area contributed by atoms with Gasteiger partial charge in [-0.05, 0) is 42.8 Å². The summed E-state index contributed by atoms with van der Waals surface area (Å²) in [6.07, 6.45) is 0. The maximum Gasteiger partial charge on any atom is 0.258 e. The van der Waals surface area contributed by atoms with Crippen molar-refractivity contribution in [3.8, 4) is 11.1 Å². The van der Waals surface area contributed by atoms with E-state index in [0.29, 0.717) is 16.3 Å². The first-order valence-electron chi connectivity index (χ1n) is 8.65. The van der Waals surface area contributed by atoms with Crippen LogP contribution in [0.5, 0.6) is 0 Å². The number of rotatable bonds is 3. The average molecular weight is 409 g/mol. The Labute approximate surface area is 174 Å². The molecule has 4 aromatic rings. The zero-order chi connectivity index (χ0) is 18.8. The van der Waals surface area contributed by atoms with E-state index >= 15 is 0 Å². The highest BCUT2D eigenvalue weighted by Gasteiger charge is 2.20. The number of aromatic nitrogens is 1. The number of aryl methyl sites for hydroxylation is 1. The van der Waals surface area contributed by atoms with Crippen LogP contribution in [0.15, 0.2) is 78.9 Å². The topological polar surface area (TPSA) is 42.0 Å². The van der Waals surface area contributed by atoms with E-state index in [9.17, 15) is 4.79 Å². The average Bonchev–Trinajstić information content (AvgIpc) is 2.68. The van der Waals surface area contributed by atoms with Crippen LogP contribution in [0.2, 0.25) is 5.02 Å². The Morgan fingerprint density at radius 3 is 2.25 bits per heavy atom. The van der Waals surface area contributed by atoms with Gasteiger partial charge in [-0.2, -0.15) is 0 Å². The van der Waals surface area contributed by atoms with Crippen LogP contribution >= 0.6 is 24.0 Å². The molecule has 5 heteroatoms. The number of hydrogen-bond donors (Lipinski definition) is 1. The number of amides is 1. The van der Waals surface area contributed by atoms with Crippen LogP contribution in [0.3, 0.4) is 0 Å². The summed E-state index contributed by atoms with van der Waals surface area (Å²) in [5.41, 5.74) is 4.58. The fourth-order valence-electron chi connectivity index (χ4n) is 3.26. The van der Waals surface area contributed by atoms with Gasteiger partial charge in [-0.15, -0.1) is 12.4 Å². The molecule has 3 aromatic carbocycles. The minimum atomic E-state index is -0.188. The highest BCUT2D eigenvalue weighted by atomic mass is 35.5. The minimum absolute atomic E-state index is 0. The van der Waals surface area contributed by atoms with Gasteiger partial charge in [0, 0.05) is 21.7 Å². The Kier molecular flexibility index (Phi) is 5.98. The number of hydrogen-bond acceptors (Lipinski definition) is 2. The van der Waals surface area contributed by atoms with Crippen molar-refractivity contribution in [2.75, 3.05) is 5.32 Å². The Hall–Kier alpha value is -2.88. The van der Waals surface area contributed by atoms with Crippen molar-refractivity contribution >= 4 is 46.5 Å². The highest BCUT2D eigenvalue weighted by Crippen LogP contribution is 2.34. The molecule has 0 bridgehead atoms. The predicted molar refractivity (Wildman–Crippen MR) is 119 cm³/mol. The molecule has 0 saturated heterocycles. The first kappa shape index (κ1) is 19.9. The summed E-state index contributed by atoms with van der Waals surface area (Å²) in [6, 6.07) is 24.8. The van der Waals surface area contributed by atoms with Crippen LogP contribution in [0.1, 0.15) is 16.1 Å². The monoisotopic (exact) mass is 408 g/mol. The quantitative estimate of drug-likeness (QED) is 0.418. The summed E-state index contributed by atoms with van der Waals surface area (Å²) >= 11 is 6.25. The van der Waals surface area contributed by atoms with Crippen molar-refractivity contribution in [3.05, 3.63) is 95.1 Å². The van der Waals surface area contributed by atoms with Crippen molar-refractivity contribution in [2.45, 2.75) is 6.92 Å². The second-order valence-corrected chi connectivity index (χ2v) is 6.73. The van der Waals surface area contributed by atoms with Crippen molar-refractivity contribution in [1.29, 1.82) is 0 Å². The van der Waals surface area contributed by atoms with E-state index in [2.05, 4.69) is 10.3 Å². The van der Waals surface area contributed by atoms with Gasteiger partial charge in [0.05, 0.1) is 16.8 Å². The van der Waals surface area contributed by atoms with Gasteiger partial charge < -0.3 is 5.32 Å². The molecule has 0 aliphatic carbocycles. The maximum absolute atomic E-state index is 13.2. The highest BCUT2D eigenvalue weighted by molar-refractivity contribution is 6.31. The molecule has 1 aromatic heterocycles. The zero-order valence-corrected chi connectivity index (χ0v) is 16.7. The number of anilines is 1. The second kappa shape index (κ2) is 8.42. The lowest BCUT2D eigenvalue weighted by molar-refractivity contribution is 0.102. The lowest BCUT2D eigenvalue weighted by Crippen LogP contribution is -2.16. The van der Waals surface area contributed by atoms with Crippen LogP contribution in [-0.4, -0.2) is 10.9 Å². The Morgan fingerprint density at radius 1 is 0.929 bits per heavy atom. The summed E-state index contributed by atoms with van der Waals surface area (Å²) in [5.74, 6) is -0.188. The smallest absolute Gasteiger partial charge is 0.258 e. The number of halogens is 2. The number of nitrogens with zero attached hydrogens (tertiary/aromatic N) is 1. The standard InChI is InChI=1S/C23H17ClN2O.ClH/c1-15-21(23(27)26-18-10-6-3-7-11-18)22(16-8-4-2-5-9-16)19-14-17(24)12-13-20(19)25-15;/h2-14H,1H3,(H,26,27);1H. The van der Waals surface area contributed by atoms with Gasteiger partial charge in [0.1, 0.15) is 0 Å². The third kappa shape index (κ3) is 3.86. The minimum Gasteiger partial charge on any atom is -0.322 e. The Balaban J connectivity index is 0.00000225. The molecular formula is C23H18Cl2N2O. The van der Waals surface area contributed by atoms with Crippen LogP contribution in [0.4, 0.5) is 5.69 Å². The summed E-state index contributed by atoms with van der Waals surface area (Å²) in [4.78, 5) is 17.8. The van der Waals surface area contributed by atoms with Crippen molar-refractivity contribution in [3.63, 3.8) is 0 Å².